The topological polar surface area (TPSA) is 84.5 Å². The monoisotopic (exact) mass is 477 g/mol. The van der Waals surface area contributed by atoms with Gasteiger partial charge in [-0.3, -0.25) is 4.90 Å². The molecule has 4 rings (SSSR count). The van der Waals surface area contributed by atoms with Crippen LogP contribution >= 0.6 is 0 Å². The maximum absolute atomic E-state index is 6.45. The summed E-state index contributed by atoms with van der Waals surface area (Å²) in [7, 11) is 0. The van der Waals surface area contributed by atoms with E-state index in [0.29, 0.717) is 6.04 Å². The highest BCUT2D eigenvalue weighted by Crippen LogP contribution is 2.27. The van der Waals surface area contributed by atoms with Crippen LogP contribution in [-0.2, 0) is 6.54 Å². The molecule has 0 amide bonds. The Morgan fingerprint density at radius 1 is 1.03 bits per heavy atom. The van der Waals surface area contributed by atoms with E-state index in [2.05, 4.69) is 72.7 Å². The minimum Gasteiger partial charge on any atom is -0.405 e. The summed E-state index contributed by atoms with van der Waals surface area (Å²) >= 11 is 0. The van der Waals surface area contributed by atoms with Gasteiger partial charge in [-0.25, -0.2) is 5.84 Å². The van der Waals surface area contributed by atoms with Crippen molar-refractivity contribution in [3.63, 3.8) is 0 Å². The first-order chi connectivity index (χ1) is 16.5. The van der Waals surface area contributed by atoms with Gasteiger partial charge < -0.3 is 16.5 Å². The SMILES string of the molecule is C.C=CN.CC1CCCC(N(N)/C=C(\N)c2cccc(-c3ccc(CN4CCCCC4)cc3)c2)C1. The van der Waals surface area contributed by atoms with Crippen LogP contribution < -0.4 is 17.3 Å². The lowest BCUT2D eigenvalue weighted by molar-refractivity contribution is 0.188. The summed E-state index contributed by atoms with van der Waals surface area (Å²) < 4.78 is 0. The van der Waals surface area contributed by atoms with Gasteiger partial charge in [-0.05, 0) is 79.2 Å². The number of hydrogen-bond acceptors (Lipinski definition) is 5. The molecule has 192 valence electrons. The highest BCUT2D eigenvalue weighted by atomic mass is 15.4. The van der Waals surface area contributed by atoms with E-state index in [1.807, 2.05) is 11.2 Å². The lowest BCUT2D eigenvalue weighted by Crippen LogP contribution is -2.40. The smallest absolute Gasteiger partial charge is 0.0564 e. The predicted molar refractivity (Wildman–Crippen MR) is 152 cm³/mol. The normalized spacial score (nSPS) is 20.7. The first-order valence-corrected chi connectivity index (χ1v) is 12.7. The second-order valence-electron chi connectivity index (χ2n) is 9.81. The van der Waals surface area contributed by atoms with Gasteiger partial charge in [0.25, 0.3) is 0 Å². The second-order valence-corrected chi connectivity index (χ2v) is 9.81. The van der Waals surface area contributed by atoms with Crippen molar-refractivity contribution in [1.82, 2.24) is 9.91 Å². The molecule has 2 aromatic rings. The third-order valence-electron chi connectivity index (χ3n) is 6.96. The molecule has 2 fully saturated rings. The van der Waals surface area contributed by atoms with Gasteiger partial charge in [-0.15, -0.1) is 0 Å². The van der Waals surface area contributed by atoms with Crippen LogP contribution in [0.4, 0.5) is 0 Å². The molecule has 0 radical (unpaired) electrons. The van der Waals surface area contributed by atoms with Crippen molar-refractivity contribution in [2.45, 2.75) is 71.9 Å². The van der Waals surface area contributed by atoms with E-state index >= 15 is 0 Å². The third-order valence-corrected chi connectivity index (χ3v) is 6.96. The van der Waals surface area contributed by atoms with Crippen LogP contribution in [0.1, 0.15) is 70.4 Å². The quantitative estimate of drug-likeness (QED) is 0.347. The van der Waals surface area contributed by atoms with Gasteiger partial charge >= 0.3 is 0 Å². The number of hydrazine groups is 1. The van der Waals surface area contributed by atoms with Crippen molar-refractivity contribution >= 4 is 5.70 Å². The van der Waals surface area contributed by atoms with Crippen molar-refractivity contribution in [3.05, 3.63) is 78.6 Å². The van der Waals surface area contributed by atoms with Gasteiger partial charge in [0, 0.05) is 18.8 Å². The molecule has 2 unspecified atom stereocenters. The summed E-state index contributed by atoms with van der Waals surface area (Å²) in [6.45, 7) is 8.97. The Morgan fingerprint density at radius 2 is 1.71 bits per heavy atom. The number of likely N-dealkylation sites (tertiary alicyclic amines) is 1. The van der Waals surface area contributed by atoms with Gasteiger partial charge in [-0.2, -0.15) is 0 Å². The fourth-order valence-electron chi connectivity index (χ4n) is 5.07. The zero-order chi connectivity index (χ0) is 24.3. The van der Waals surface area contributed by atoms with Crippen LogP contribution in [0.2, 0.25) is 0 Å². The molecule has 2 aromatic carbocycles. The van der Waals surface area contributed by atoms with E-state index in [0.717, 1.165) is 36.6 Å². The summed E-state index contributed by atoms with van der Waals surface area (Å²) in [4.78, 5) is 2.57. The van der Waals surface area contributed by atoms with Gasteiger partial charge in [0.05, 0.1) is 5.70 Å². The Hall–Kier alpha value is -2.76. The van der Waals surface area contributed by atoms with Crippen molar-refractivity contribution in [2.24, 2.45) is 23.2 Å². The molecule has 0 bridgehead atoms. The van der Waals surface area contributed by atoms with E-state index in [-0.39, 0.29) is 7.43 Å². The number of piperidine rings is 1. The number of nitrogens with zero attached hydrogens (tertiary/aromatic N) is 2. The Balaban J connectivity index is 0.00000103. The maximum atomic E-state index is 6.45. The zero-order valence-corrected chi connectivity index (χ0v) is 20.8. The molecule has 5 heteroatoms. The standard InChI is InChI=1S/C27H38N4.C2H5N.CH4/c1-21-7-5-10-26(17-21)31(29)20-27(28)25-9-6-8-24(18-25)23-13-11-22(12-14-23)19-30-15-3-2-4-16-30;1-2-3;/h6,8-9,11-14,18,20-21,26H,2-5,7,10,15-17,19,28-29H2,1H3;2H,1,3H2;1H4/b27-20-;;. The minimum absolute atomic E-state index is 0. The molecular formula is C30H47N5. The van der Waals surface area contributed by atoms with Crippen LogP contribution in [0.5, 0.6) is 0 Å². The van der Waals surface area contributed by atoms with Crippen molar-refractivity contribution in [1.29, 1.82) is 0 Å². The molecule has 1 heterocycles. The molecule has 6 N–H and O–H groups in total. The van der Waals surface area contributed by atoms with E-state index in [1.54, 1.807) is 0 Å². The average Bonchev–Trinajstić information content (AvgIpc) is 2.86. The number of hydrogen-bond donors (Lipinski definition) is 3. The van der Waals surface area contributed by atoms with Crippen molar-refractivity contribution in [2.75, 3.05) is 13.1 Å². The number of benzene rings is 2. The zero-order valence-electron chi connectivity index (χ0n) is 20.8. The van der Waals surface area contributed by atoms with Crippen LogP contribution in [0, 0.1) is 5.92 Å². The molecule has 2 aliphatic rings. The molecule has 1 saturated carbocycles. The van der Waals surface area contributed by atoms with Gasteiger partial charge in [0.15, 0.2) is 0 Å². The second kappa shape index (κ2) is 14.6. The van der Waals surface area contributed by atoms with Gasteiger partial charge in [0.2, 0.25) is 0 Å². The lowest BCUT2D eigenvalue weighted by Gasteiger charge is -2.33. The average molecular weight is 478 g/mol. The van der Waals surface area contributed by atoms with Crippen LogP contribution in [0.25, 0.3) is 16.8 Å². The highest BCUT2D eigenvalue weighted by molar-refractivity contribution is 5.71. The van der Waals surface area contributed by atoms with Gasteiger partial charge in [-0.1, -0.05) is 82.7 Å². The lowest BCUT2D eigenvalue weighted by atomic mass is 9.87. The number of nitrogens with two attached hydrogens (primary N) is 3. The first kappa shape index (κ1) is 28.5. The summed E-state index contributed by atoms with van der Waals surface area (Å²) in [5.41, 5.74) is 16.6. The number of rotatable bonds is 6. The molecule has 35 heavy (non-hydrogen) atoms. The summed E-state index contributed by atoms with van der Waals surface area (Å²) in [5, 5.41) is 1.84. The van der Waals surface area contributed by atoms with E-state index < -0.39 is 0 Å². The van der Waals surface area contributed by atoms with E-state index in [1.165, 1.54) is 68.1 Å². The van der Waals surface area contributed by atoms with Gasteiger partial charge in [0.1, 0.15) is 0 Å². The van der Waals surface area contributed by atoms with Crippen LogP contribution in [0.15, 0.2) is 67.5 Å². The van der Waals surface area contributed by atoms with Crippen LogP contribution in [0.3, 0.4) is 0 Å². The van der Waals surface area contributed by atoms with Crippen LogP contribution in [-0.4, -0.2) is 29.0 Å². The Kier molecular flexibility index (Phi) is 11.9. The Bertz CT molecular complexity index is 915. The molecule has 1 aliphatic heterocycles. The van der Waals surface area contributed by atoms with E-state index in [4.69, 9.17) is 11.6 Å². The molecule has 0 spiro atoms. The molecular weight excluding hydrogens is 430 g/mol. The molecule has 0 aromatic heterocycles. The molecule has 2 atom stereocenters. The third kappa shape index (κ3) is 8.75. The largest absolute Gasteiger partial charge is 0.405 e. The van der Waals surface area contributed by atoms with Crippen molar-refractivity contribution < 1.29 is 0 Å². The molecule has 1 aliphatic carbocycles. The fourth-order valence-corrected chi connectivity index (χ4v) is 5.07. The summed E-state index contributed by atoms with van der Waals surface area (Å²) in [6.07, 6.45) is 12.1. The first-order valence-electron chi connectivity index (χ1n) is 12.7. The Labute approximate surface area is 213 Å². The Morgan fingerprint density at radius 3 is 2.37 bits per heavy atom. The summed E-state index contributed by atoms with van der Waals surface area (Å²) in [6, 6.07) is 17.9. The fraction of sp³-hybridized carbons (Fsp3) is 0.467. The minimum atomic E-state index is 0. The highest BCUT2D eigenvalue weighted by Gasteiger charge is 2.21. The molecule has 1 saturated heterocycles. The predicted octanol–water partition coefficient (Wildman–Crippen LogP) is 6.08. The van der Waals surface area contributed by atoms with E-state index in [9.17, 15) is 0 Å². The molecule has 5 nitrogen and oxygen atoms in total. The summed E-state index contributed by atoms with van der Waals surface area (Å²) in [5.74, 6) is 7.10. The van der Waals surface area contributed by atoms with Crippen molar-refractivity contribution in [3.8, 4) is 11.1 Å². The maximum Gasteiger partial charge on any atom is 0.0564 e.